The number of hydrogen-bond donors (Lipinski definition) is 3. The molecule has 64 heavy (non-hydrogen) atoms. The SMILES string of the molecule is CCCCCC/C=C\CCCCCCCC(=O)OCCCCC/C=C\CCCCCCCC(=O)NC(CO)C(O)/C=C/CCCCCCCCCCCCCCCCCCCCCC. The number of esters is 1. The Labute approximate surface area is 398 Å². The summed E-state index contributed by atoms with van der Waals surface area (Å²) in [7, 11) is 0. The molecule has 0 saturated heterocycles. The number of unbranched alkanes of at least 4 members (excludes halogenated alkanes) is 37. The number of allylic oxidation sites excluding steroid dienone is 5. The summed E-state index contributed by atoms with van der Waals surface area (Å²) >= 11 is 0. The number of carbonyl (C=O) groups excluding carboxylic acids is 2. The fourth-order valence-electron chi connectivity index (χ4n) is 8.50. The van der Waals surface area contributed by atoms with Crippen molar-refractivity contribution < 1.29 is 24.5 Å². The Hall–Kier alpha value is -1.92. The lowest BCUT2D eigenvalue weighted by Crippen LogP contribution is -2.45. The summed E-state index contributed by atoms with van der Waals surface area (Å²) in [5.41, 5.74) is 0. The van der Waals surface area contributed by atoms with E-state index < -0.39 is 12.1 Å². The molecule has 0 aromatic rings. The van der Waals surface area contributed by atoms with Crippen LogP contribution in [0.15, 0.2) is 36.5 Å². The molecule has 2 atom stereocenters. The molecule has 0 rings (SSSR count). The Kier molecular flexibility index (Phi) is 52.1. The molecule has 0 bridgehead atoms. The van der Waals surface area contributed by atoms with Gasteiger partial charge in [-0.3, -0.25) is 9.59 Å². The van der Waals surface area contributed by atoms with Crippen LogP contribution >= 0.6 is 0 Å². The Morgan fingerprint density at radius 3 is 1.12 bits per heavy atom. The molecule has 6 nitrogen and oxygen atoms in total. The molecule has 376 valence electrons. The summed E-state index contributed by atoms with van der Waals surface area (Å²) in [6.07, 6.45) is 65.9. The zero-order valence-electron chi connectivity index (χ0n) is 42.8. The molecule has 3 N–H and O–H groups in total. The van der Waals surface area contributed by atoms with E-state index in [1.165, 1.54) is 186 Å². The van der Waals surface area contributed by atoms with Crippen molar-refractivity contribution in [2.45, 2.75) is 309 Å². The maximum absolute atomic E-state index is 12.5. The number of rotatable bonds is 52. The summed E-state index contributed by atoms with van der Waals surface area (Å²) < 4.78 is 5.44. The molecule has 0 saturated carbocycles. The van der Waals surface area contributed by atoms with Crippen LogP contribution in [0.5, 0.6) is 0 Å². The molecule has 1 amide bonds. The van der Waals surface area contributed by atoms with Gasteiger partial charge >= 0.3 is 5.97 Å². The van der Waals surface area contributed by atoms with E-state index in [-0.39, 0.29) is 18.5 Å². The van der Waals surface area contributed by atoms with E-state index >= 15 is 0 Å². The fraction of sp³-hybridized carbons (Fsp3) is 0.862. The zero-order valence-corrected chi connectivity index (χ0v) is 42.8. The first-order valence-electron chi connectivity index (χ1n) is 28.3. The van der Waals surface area contributed by atoms with Crippen LogP contribution in [0.3, 0.4) is 0 Å². The molecule has 2 unspecified atom stereocenters. The van der Waals surface area contributed by atoms with Crippen LogP contribution in [-0.4, -0.2) is 47.4 Å². The van der Waals surface area contributed by atoms with Crippen molar-refractivity contribution in [3.63, 3.8) is 0 Å². The standard InChI is InChI=1S/C58H109NO5/c1-3-5-7-9-11-13-15-17-18-19-20-21-22-23-24-25-27-30-34-38-42-46-50-56(61)55(54-60)59-57(62)51-47-43-39-35-31-28-29-33-37-41-45-49-53-64-58(63)52-48-44-40-36-32-26-16-14-12-10-8-6-4-2/h14,16,29,33,46,50,55-56,60-61H,3-13,15,17-28,30-32,34-45,47-49,51-54H2,1-2H3,(H,59,62)/b16-14-,33-29-,50-46+. The molecule has 6 heteroatoms. The normalized spacial score (nSPS) is 12.9. The van der Waals surface area contributed by atoms with Crippen LogP contribution in [0.1, 0.15) is 296 Å². The van der Waals surface area contributed by atoms with Crippen molar-refractivity contribution in [2.24, 2.45) is 0 Å². The van der Waals surface area contributed by atoms with Crippen molar-refractivity contribution in [3.8, 4) is 0 Å². The van der Waals surface area contributed by atoms with Crippen LogP contribution in [-0.2, 0) is 14.3 Å². The predicted octanol–water partition coefficient (Wildman–Crippen LogP) is 17.2. The summed E-state index contributed by atoms with van der Waals surface area (Å²) in [6, 6.07) is -0.648. The van der Waals surface area contributed by atoms with Crippen LogP contribution in [0.25, 0.3) is 0 Å². The second kappa shape index (κ2) is 53.7. The quantitative estimate of drug-likeness (QED) is 0.0321. The van der Waals surface area contributed by atoms with Crippen LogP contribution in [0.4, 0.5) is 0 Å². The summed E-state index contributed by atoms with van der Waals surface area (Å²) in [6.45, 7) is 4.83. The average molecular weight is 901 g/mol. The number of ether oxygens (including phenoxy) is 1. The molecule has 0 aliphatic heterocycles. The van der Waals surface area contributed by atoms with Crippen LogP contribution in [0.2, 0.25) is 0 Å². The smallest absolute Gasteiger partial charge is 0.305 e. The van der Waals surface area contributed by atoms with E-state index in [1.54, 1.807) is 6.08 Å². The van der Waals surface area contributed by atoms with E-state index in [9.17, 15) is 19.8 Å². The molecule has 0 aromatic heterocycles. The van der Waals surface area contributed by atoms with Crippen molar-refractivity contribution in [2.75, 3.05) is 13.2 Å². The van der Waals surface area contributed by atoms with Gasteiger partial charge in [-0.25, -0.2) is 0 Å². The fourth-order valence-corrected chi connectivity index (χ4v) is 8.50. The summed E-state index contributed by atoms with van der Waals surface area (Å²) in [5, 5.41) is 23.1. The Morgan fingerprint density at radius 1 is 0.422 bits per heavy atom. The third-order valence-electron chi connectivity index (χ3n) is 12.9. The summed E-state index contributed by atoms with van der Waals surface area (Å²) in [4.78, 5) is 24.5. The minimum Gasteiger partial charge on any atom is -0.466 e. The Bertz CT molecular complexity index is 1040. The third-order valence-corrected chi connectivity index (χ3v) is 12.9. The van der Waals surface area contributed by atoms with Gasteiger partial charge < -0.3 is 20.3 Å². The molecule has 0 aromatic carbocycles. The maximum Gasteiger partial charge on any atom is 0.305 e. The Balaban J connectivity index is 3.54. The minimum atomic E-state index is -0.862. The van der Waals surface area contributed by atoms with Gasteiger partial charge in [-0.1, -0.05) is 230 Å². The molecule has 0 fully saturated rings. The highest BCUT2D eigenvalue weighted by molar-refractivity contribution is 5.76. The predicted molar refractivity (Wildman–Crippen MR) is 278 cm³/mol. The lowest BCUT2D eigenvalue weighted by Gasteiger charge is -2.20. The summed E-state index contributed by atoms with van der Waals surface area (Å²) in [5.74, 6) is -0.126. The van der Waals surface area contributed by atoms with Gasteiger partial charge in [0.2, 0.25) is 5.91 Å². The monoisotopic (exact) mass is 900 g/mol. The molecule has 0 spiro atoms. The average Bonchev–Trinajstić information content (AvgIpc) is 3.29. The van der Waals surface area contributed by atoms with E-state index in [0.717, 1.165) is 83.5 Å². The molecule has 0 aliphatic carbocycles. The van der Waals surface area contributed by atoms with Crippen molar-refractivity contribution in [1.29, 1.82) is 0 Å². The second-order valence-electron chi connectivity index (χ2n) is 19.3. The van der Waals surface area contributed by atoms with Crippen molar-refractivity contribution >= 4 is 11.9 Å². The maximum atomic E-state index is 12.5. The van der Waals surface area contributed by atoms with Gasteiger partial charge in [0.1, 0.15) is 0 Å². The van der Waals surface area contributed by atoms with Crippen molar-refractivity contribution in [1.82, 2.24) is 5.32 Å². The molecule has 0 radical (unpaired) electrons. The first-order chi connectivity index (χ1) is 31.5. The zero-order chi connectivity index (χ0) is 46.5. The highest BCUT2D eigenvalue weighted by Gasteiger charge is 2.18. The first kappa shape index (κ1) is 62.1. The lowest BCUT2D eigenvalue weighted by molar-refractivity contribution is -0.143. The number of aliphatic hydroxyl groups is 2. The number of hydrogen-bond acceptors (Lipinski definition) is 5. The molecular weight excluding hydrogens is 791 g/mol. The van der Waals surface area contributed by atoms with Gasteiger partial charge in [0, 0.05) is 12.8 Å². The van der Waals surface area contributed by atoms with Gasteiger partial charge in [-0.05, 0) is 89.9 Å². The van der Waals surface area contributed by atoms with Gasteiger partial charge in [-0.15, -0.1) is 0 Å². The number of carbonyl (C=O) groups is 2. The highest BCUT2D eigenvalue weighted by Crippen LogP contribution is 2.16. The topological polar surface area (TPSA) is 95.9 Å². The molecular formula is C58H109NO5. The van der Waals surface area contributed by atoms with E-state index in [4.69, 9.17) is 4.74 Å². The highest BCUT2D eigenvalue weighted by atomic mass is 16.5. The van der Waals surface area contributed by atoms with E-state index in [2.05, 4.69) is 43.5 Å². The van der Waals surface area contributed by atoms with Crippen molar-refractivity contribution in [3.05, 3.63) is 36.5 Å². The number of amides is 1. The van der Waals surface area contributed by atoms with E-state index in [0.29, 0.717) is 19.4 Å². The van der Waals surface area contributed by atoms with Gasteiger partial charge in [0.15, 0.2) is 0 Å². The largest absolute Gasteiger partial charge is 0.466 e. The lowest BCUT2D eigenvalue weighted by atomic mass is 10.0. The Morgan fingerprint density at radius 2 is 0.734 bits per heavy atom. The third kappa shape index (κ3) is 49.5. The molecule has 0 aliphatic rings. The van der Waals surface area contributed by atoms with Gasteiger partial charge in [0.25, 0.3) is 0 Å². The number of nitrogens with one attached hydrogen (secondary N) is 1. The van der Waals surface area contributed by atoms with Crippen LogP contribution in [0, 0.1) is 0 Å². The minimum absolute atomic E-state index is 0.0335. The second-order valence-corrected chi connectivity index (χ2v) is 19.3. The van der Waals surface area contributed by atoms with E-state index in [1.807, 2.05) is 6.08 Å². The molecule has 0 heterocycles. The van der Waals surface area contributed by atoms with Gasteiger partial charge in [-0.2, -0.15) is 0 Å². The van der Waals surface area contributed by atoms with Gasteiger partial charge in [0.05, 0.1) is 25.4 Å². The van der Waals surface area contributed by atoms with Crippen LogP contribution < -0.4 is 5.32 Å². The number of aliphatic hydroxyl groups excluding tert-OH is 2. The first-order valence-corrected chi connectivity index (χ1v) is 28.3.